The monoisotopic (exact) mass is 627 g/mol. The summed E-state index contributed by atoms with van der Waals surface area (Å²) in [6.45, 7) is 6.25. The molecule has 4 aromatic rings. The standard InChI is InChI=1S/C29H37N7O7S/c1-5-35-10-12-36(13-11-35)44(38,39)22-18-23(29(30-19-22)43-17-15-41-4)27-31-24-25(28(37)32-27)33-34(2)26(24)20-6-8-21(9-7-20)42-16-14-40-3/h6-9,18-19H,5,10-17H2,1-4H3,(H,31,32,37). The molecule has 15 heteroatoms. The Hall–Kier alpha value is -3.89. The van der Waals surface area contributed by atoms with Crippen LogP contribution in [0.3, 0.4) is 0 Å². The van der Waals surface area contributed by atoms with E-state index >= 15 is 0 Å². The Morgan fingerprint density at radius 3 is 2.27 bits per heavy atom. The first-order valence-electron chi connectivity index (χ1n) is 14.3. The predicted octanol–water partition coefficient (Wildman–Crippen LogP) is 1.76. The molecule has 4 heterocycles. The van der Waals surface area contributed by atoms with Gasteiger partial charge in [-0.2, -0.15) is 9.40 Å². The number of H-pyrrole nitrogens is 1. The lowest BCUT2D eigenvalue weighted by Crippen LogP contribution is -2.48. The summed E-state index contributed by atoms with van der Waals surface area (Å²) in [7, 11) is 1.01. The number of hydrogen-bond acceptors (Lipinski definition) is 11. The maximum Gasteiger partial charge on any atom is 0.279 e. The van der Waals surface area contributed by atoms with E-state index in [0.717, 1.165) is 12.1 Å². The molecule has 0 amide bonds. The van der Waals surface area contributed by atoms with Gasteiger partial charge in [0, 0.05) is 53.0 Å². The van der Waals surface area contributed by atoms with E-state index in [1.165, 1.54) is 16.6 Å². The van der Waals surface area contributed by atoms with Gasteiger partial charge in [-0.15, -0.1) is 0 Å². The van der Waals surface area contributed by atoms with Gasteiger partial charge in [0.05, 0.1) is 30.7 Å². The average Bonchev–Trinajstić information content (AvgIpc) is 3.38. The fraction of sp³-hybridized carbons (Fsp3) is 0.448. The molecule has 0 radical (unpaired) electrons. The number of aromatic nitrogens is 5. The Balaban J connectivity index is 1.57. The zero-order valence-electron chi connectivity index (χ0n) is 25.3. The molecule has 0 aliphatic carbocycles. The molecule has 236 valence electrons. The number of hydrogen-bond donors (Lipinski definition) is 1. The fourth-order valence-corrected chi connectivity index (χ4v) is 6.39. The van der Waals surface area contributed by atoms with E-state index in [0.29, 0.717) is 56.4 Å². The van der Waals surface area contributed by atoms with E-state index in [4.69, 9.17) is 23.9 Å². The second-order valence-electron chi connectivity index (χ2n) is 10.2. The molecule has 1 aliphatic heterocycles. The number of fused-ring (bicyclic) bond motifs is 1. The molecular weight excluding hydrogens is 590 g/mol. The summed E-state index contributed by atoms with van der Waals surface area (Å²) >= 11 is 0. The van der Waals surface area contributed by atoms with E-state index in [1.54, 1.807) is 25.9 Å². The molecule has 1 N–H and O–H groups in total. The lowest BCUT2D eigenvalue weighted by Gasteiger charge is -2.33. The highest BCUT2D eigenvalue weighted by atomic mass is 32.2. The third-order valence-corrected chi connectivity index (χ3v) is 9.26. The van der Waals surface area contributed by atoms with Gasteiger partial charge in [0.15, 0.2) is 5.52 Å². The smallest absolute Gasteiger partial charge is 0.279 e. The topological polar surface area (TPSA) is 154 Å². The molecule has 5 rings (SSSR count). The number of piperazine rings is 1. The van der Waals surface area contributed by atoms with Crippen LogP contribution in [0.25, 0.3) is 33.7 Å². The number of pyridine rings is 1. The van der Waals surface area contributed by atoms with Gasteiger partial charge in [-0.25, -0.2) is 18.4 Å². The fourth-order valence-electron chi connectivity index (χ4n) is 5.00. The van der Waals surface area contributed by atoms with Crippen LogP contribution in [0, 0.1) is 0 Å². The van der Waals surface area contributed by atoms with Crippen molar-refractivity contribution in [3.05, 3.63) is 46.9 Å². The average molecular weight is 628 g/mol. The summed E-state index contributed by atoms with van der Waals surface area (Å²) in [4.78, 5) is 27.4. The highest BCUT2D eigenvalue weighted by Crippen LogP contribution is 2.32. The summed E-state index contributed by atoms with van der Waals surface area (Å²) in [5.74, 6) is 0.883. The number of sulfonamides is 1. The highest BCUT2D eigenvalue weighted by Gasteiger charge is 2.30. The molecular formula is C29H37N7O7S. The Kier molecular flexibility index (Phi) is 9.90. The van der Waals surface area contributed by atoms with Crippen molar-refractivity contribution >= 4 is 21.1 Å². The van der Waals surface area contributed by atoms with E-state index in [-0.39, 0.29) is 40.9 Å². The van der Waals surface area contributed by atoms with Crippen LogP contribution in [0.15, 0.2) is 46.2 Å². The van der Waals surface area contributed by atoms with Gasteiger partial charge in [-0.05, 0) is 36.9 Å². The Morgan fingerprint density at radius 2 is 1.61 bits per heavy atom. The first-order chi connectivity index (χ1) is 21.3. The number of likely N-dealkylation sites (N-methyl/N-ethyl adjacent to an activating group) is 1. The molecule has 1 saturated heterocycles. The first-order valence-corrected chi connectivity index (χ1v) is 15.7. The number of aryl methyl sites for hydroxylation is 1. The van der Waals surface area contributed by atoms with E-state index in [2.05, 4.69) is 26.9 Å². The van der Waals surface area contributed by atoms with E-state index in [9.17, 15) is 13.2 Å². The van der Waals surface area contributed by atoms with Crippen LogP contribution in [0.1, 0.15) is 6.92 Å². The van der Waals surface area contributed by atoms with E-state index in [1.807, 2.05) is 24.3 Å². The lowest BCUT2D eigenvalue weighted by molar-refractivity contribution is 0.144. The van der Waals surface area contributed by atoms with Crippen molar-refractivity contribution in [3.8, 4) is 34.3 Å². The van der Waals surface area contributed by atoms with Gasteiger partial charge < -0.3 is 28.8 Å². The summed E-state index contributed by atoms with van der Waals surface area (Å²) in [5, 5.41) is 4.41. The maximum absolute atomic E-state index is 13.7. The van der Waals surface area contributed by atoms with Crippen molar-refractivity contribution in [1.29, 1.82) is 0 Å². The number of methoxy groups -OCH3 is 2. The minimum Gasteiger partial charge on any atom is -0.491 e. The normalized spacial score (nSPS) is 14.7. The van der Waals surface area contributed by atoms with E-state index < -0.39 is 15.6 Å². The largest absolute Gasteiger partial charge is 0.491 e. The number of ether oxygens (including phenoxy) is 4. The highest BCUT2D eigenvalue weighted by molar-refractivity contribution is 7.89. The minimum atomic E-state index is -3.87. The van der Waals surface area contributed by atoms with Crippen molar-refractivity contribution in [2.75, 3.05) is 73.4 Å². The number of benzene rings is 1. The summed E-state index contributed by atoms with van der Waals surface area (Å²) < 4.78 is 52.0. The lowest BCUT2D eigenvalue weighted by atomic mass is 10.1. The van der Waals surface area contributed by atoms with Crippen LogP contribution in [-0.2, 0) is 26.5 Å². The van der Waals surface area contributed by atoms with Gasteiger partial charge in [0.1, 0.15) is 35.2 Å². The van der Waals surface area contributed by atoms with Gasteiger partial charge in [0.2, 0.25) is 15.9 Å². The molecule has 3 aromatic heterocycles. The Morgan fingerprint density at radius 1 is 0.932 bits per heavy atom. The van der Waals surface area contributed by atoms with Crippen molar-refractivity contribution in [1.82, 2.24) is 33.9 Å². The minimum absolute atomic E-state index is 0.0187. The molecule has 1 aliphatic rings. The first kappa shape index (κ1) is 31.5. The number of nitrogens with one attached hydrogen (secondary N) is 1. The van der Waals surface area contributed by atoms with Crippen LogP contribution in [0.4, 0.5) is 0 Å². The number of nitrogens with zero attached hydrogens (tertiary/aromatic N) is 6. The Labute approximate surface area is 255 Å². The third-order valence-electron chi connectivity index (χ3n) is 7.40. The number of rotatable bonds is 13. The molecule has 1 fully saturated rings. The van der Waals surface area contributed by atoms with Gasteiger partial charge >= 0.3 is 0 Å². The summed E-state index contributed by atoms with van der Waals surface area (Å²) in [6.07, 6.45) is 1.27. The van der Waals surface area contributed by atoms with Gasteiger partial charge in [0.25, 0.3) is 5.56 Å². The van der Waals surface area contributed by atoms with Gasteiger partial charge in [-0.3, -0.25) is 9.48 Å². The van der Waals surface area contributed by atoms with Crippen LogP contribution in [-0.4, -0.2) is 116 Å². The zero-order chi connectivity index (χ0) is 31.3. The summed E-state index contributed by atoms with van der Waals surface area (Å²) in [6, 6.07) is 8.79. The Bertz CT molecular complexity index is 1750. The van der Waals surface area contributed by atoms with Crippen LogP contribution < -0.4 is 15.0 Å². The third kappa shape index (κ3) is 6.61. The second-order valence-corrected chi connectivity index (χ2v) is 12.1. The molecule has 44 heavy (non-hydrogen) atoms. The molecule has 14 nitrogen and oxygen atoms in total. The van der Waals surface area contributed by atoms with Crippen molar-refractivity contribution in [2.45, 2.75) is 11.8 Å². The molecule has 0 bridgehead atoms. The molecule has 0 spiro atoms. The second kappa shape index (κ2) is 13.8. The number of aromatic amines is 1. The van der Waals surface area contributed by atoms with Gasteiger partial charge in [-0.1, -0.05) is 6.92 Å². The van der Waals surface area contributed by atoms with Crippen molar-refractivity contribution in [3.63, 3.8) is 0 Å². The molecule has 0 unspecified atom stereocenters. The van der Waals surface area contributed by atoms with Crippen molar-refractivity contribution in [2.24, 2.45) is 7.05 Å². The van der Waals surface area contributed by atoms with Crippen LogP contribution in [0.2, 0.25) is 0 Å². The SMILES string of the molecule is CCN1CCN(S(=O)(=O)c2cnc(OCCOC)c(-c3nc4c(-c5ccc(OCCOC)cc5)n(C)nc4c(=O)[nH]3)c2)CC1. The molecule has 0 atom stereocenters. The van der Waals surface area contributed by atoms with Crippen LogP contribution in [0.5, 0.6) is 11.6 Å². The molecule has 0 saturated carbocycles. The zero-order valence-corrected chi connectivity index (χ0v) is 26.1. The summed E-state index contributed by atoms with van der Waals surface area (Å²) in [5.41, 5.74) is 1.58. The van der Waals surface area contributed by atoms with Crippen molar-refractivity contribution < 1.29 is 27.4 Å². The van der Waals surface area contributed by atoms with Crippen LogP contribution >= 0.6 is 0 Å². The predicted molar refractivity (Wildman–Crippen MR) is 163 cm³/mol. The molecule has 1 aromatic carbocycles. The maximum atomic E-state index is 13.7. The quantitative estimate of drug-likeness (QED) is 0.216.